The number of benzene rings is 2. The van der Waals surface area contributed by atoms with Crippen molar-refractivity contribution < 1.29 is 18.0 Å². The zero-order chi connectivity index (χ0) is 26.7. The van der Waals surface area contributed by atoms with E-state index in [4.69, 9.17) is 23.2 Å². The van der Waals surface area contributed by atoms with Crippen LogP contribution < -0.4 is 10.7 Å². The third kappa shape index (κ3) is 6.51. The number of carbonyl (C=O) groups excluding carboxylic acids is 1. The first-order valence-electron chi connectivity index (χ1n) is 10.9. The van der Waals surface area contributed by atoms with Crippen LogP contribution in [0.15, 0.2) is 59.0 Å². The number of amides is 1. The van der Waals surface area contributed by atoms with E-state index in [2.05, 4.69) is 20.8 Å². The van der Waals surface area contributed by atoms with Gasteiger partial charge in [-0.2, -0.15) is 18.3 Å². The van der Waals surface area contributed by atoms with Gasteiger partial charge < -0.3 is 9.88 Å². The number of aromatic nitrogens is 2. The summed E-state index contributed by atoms with van der Waals surface area (Å²) in [6.07, 6.45) is -2.93. The number of hydrazone groups is 1. The first kappa shape index (κ1) is 26.7. The Balaban J connectivity index is 1.36. The molecule has 0 aliphatic rings. The maximum Gasteiger partial charge on any atom is 0.416 e. The van der Waals surface area contributed by atoms with Gasteiger partial charge in [-0.25, -0.2) is 10.4 Å². The van der Waals surface area contributed by atoms with Gasteiger partial charge in [-0.1, -0.05) is 29.3 Å². The lowest BCUT2D eigenvalue weighted by atomic mass is 10.2. The van der Waals surface area contributed by atoms with E-state index in [1.807, 2.05) is 30.5 Å². The molecule has 0 aliphatic heterocycles. The smallest absolute Gasteiger partial charge is 0.332 e. The molecule has 0 fully saturated rings. The lowest BCUT2D eigenvalue weighted by molar-refractivity contribution is -0.137. The average Bonchev–Trinajstić information content (AvgIpc) is 3.38. The van der Waals surface area contributed by atoms with Gasteiger partial charge in [0.25, 0.3) is 0 Å². The maximum atomic E-state index is 12.9. The number of hydrogen-bond acceptors (Lipinski definition) is 5. The highest BCUT2D eigenvalue weighted by molar-refractivity contribution is 7.13. The summed E-state index contributed by atoms with van der Waals surface area (Å²) in [5, 5.41) is 9.84. The monoisotopic (exact) mass is 565 g/mol. The Labute approximate surface area is 224 Å². The molecule has 0 saturated carbocycles. The number of hydrogen-bond donors (Lipinski definition) is 2. The molecule has 2 heterocycles. The summed E-state index contributed by atoms with van der Waals surface area (Å²) in [6.45, 7) is 3.87. The Morgan fingerprint density at radius 3 is 2.65 bits per heavy atom. The Bertz CT molecular complexity index is 1480. The number of anilines is 2. The number of aryl methyl sites for hydroxylation is 1. The van der Waals surface area contributed by atoms with Gasteiger partial charge in [0.2, 0.25) is 5.91 Å². The SMILES string of the molecule is Cc1cc(/C=N\NC(=O)Cc2csc(Nc3cccc(C(F)(F)F)c3)n2)c(C)n1-c1ccc(Cl)c(Cl)c1. The van der Waals surface area contributed by atoms with Crippen LogP contribution in [0.4, 0.5) is 24.0 Å². The molecule has 6 nitrogen and oxygen atoms in total. The van der Waals surface area contributed by atoms with Crippen LogP contribution in [-0.4, -0.2) is 21.7 Å². The van der Waals surface area contributed by atoms with Crippen molar-refractivity contribution in [3.63, 3.8) is 0 Å². The van der Waals surface area contributed by atoms with Crippen molar-refractivity contribution in [1.82, 2.24) is 15.0 Å². The highest BCUT2D eigenvalue weighted by Crippen LogP contribution is 2.32. The lowest BCUT2D eigenvalue weighted by Gasteiger charge is -2.10. The van der Waals surface area contributed by atoms with Gasteiger partial charge in [-0.3, -0.25) is 4.79 Å². The molecule has 2 aromatic heterocycles. The fraction of sp³-hybridized carbons (Fsp3) is 0.160. The molecule has 4 rings (SSSR count). The molecule has 1 amide bonds. The minimum Gasteiger partial charge on any atom is -0.332 e. The molecule has 0 unspecified atom stereocenters. The van der Waals surface area contributed by atoms with Crippen LogP contribution in [0, 0.1) is 13.8 Å². The molecular weight excluding hydrogens is 546 g/mol. The molecular formula is C25H20Cl2F3N5OS. The zero-order valence-corrected chi connectivity index (χ0v) is 21.9. The number of halogens is 5. The van der Waals surface area contributed by atoms with E-state index in [-0.39, 0.29) is 18.0 Å². The molecule has 0 atom stereocenters. The Morgan fingerprint density at radius 1 is 1.14 bits per heavy atom. The second-order valence-electron chi connectivity index (χ2n) is 8.08. The predicted octanol–water partition coefficient (Wildman–Crippen LogP) is 7.31. The molecule has 0 radical (unpaired) electrons. The summed E-state index contributed by atoms with van der Waals surface area (Å²) in [5.74, 6) is -0.384. The number of alkyl halides is 3. The van der Waals surface area contributed by atoms with Gasteiger partial charge in [0, 0.05) is 33.7 Å². The second-order valence-corrected chi connectivity index (χ2v) is 9.75. The van der Waals surface area contributed by atoms with Crippen LogP contribution in [0.25, 0.3) is 5.69 Å². The number of rotatable bonds is 7. The molecule has 0 bridgehead atoms. The molecule has 37 heavy (non-hydrogen) atoms. The minimum absolute atomic E-state index is 0.0413. The van der Waals surface area contributed by atoms with Crippen molar-refractivity contribution in [3.05, 3.63) is 92.2 Å². The van der Waals surface area contributed by atoms with Crippen LogP contribution in [0.5, 0.6) is 0 Å². The van der Waals surface area contributed by atoms with Crippen molar-refractivity contribution in [1.29, 1.82) is 0 Å². The normalized spacial score (nSPS) is 11.8. The van der Waals surface area contributed by atoms with Crippen molar-refractivity contribution in [2.45, 2.75) is 26.4 Å². The summed E-state index contributed by atoms with van der Waals surface area (Å²) in [4.78, 5) is 16.6. The van der Waals surface area contributed by atoms with E-state index in [1.165, 1.54) is 23.5 Å². The maximum absolute atomic E-state index is 12.9. The Morgan fingerprint density at radius 2 is 1.92 bits per heavy atom. The molecule has 12 heteroatoms. The first-order chi connectivity index (χ1) is 17.5. The third-order valence-electron chi connectivity index (χ3n) is 5.36. The zero-order valence-electron chi connectivity index (χ0n) is 19.5. The summed E-state index contributed by atoms with van der Waals surface area (Å²) in [7, 11) is 0. The van der Waals surface area contributed by atoms with Crippen LogP contribution in [0.1, 0.15) is 28.2 Å². The van der Waals surface area contributed by atoms with Gasteiger partial charge in [0.1, 0.15) is 0 Å². The van der Waals surface area contributed by atoms with Gasteiger partial charge in [0.15, 0.2) is 5.13 Å². The van der Waals surface area contributed by atoms with Crippen LogP contribution in [0.3, 0.4) is 0 Å². The second kappa shape index (κ2) is 11.0. The topological polar surface area (TPSA) is 71.3 Å². The quantitative estimate of drug-likeness (QED) is 0.182. The van der Waals surface area contributed by atoms with Crippen molar-refractivity contribution in [2.24, 2.45) is 5.10 Å². The van der Waals surface area contributed by atoms with Crippen LogP contribution >= 0.6 is 34.5 Å². The summed E-state index contributed by atoms with van der Waals surface area (Å²) in [6, 6.07) is 12.1. The van der Waals surface area contributed by atoms with E-state index >= 15 is 0 Å². The Kier molecular flexibility index (Phi) is 7.91. The van der Waals surface area contributed by atoms with Crippen LogP contribution in [-0.2, 0) is 17.4 Å². The molecule has 2 N–H and O–H groups in total. The fourth-order valence-electron chi connectivity index (χ4n) is 3.66. The summed E-state index contributed by atoms with van der Waals surface area (Å²) in [5.41, 5.74) is 5.95. The summed E-state index contributed by atoms with van der Waals surface area (Å²) >= 11 is 13.4. The van der Waals surface area contributed by atoms with Gasteiger partial charge in [-0.15, -0.1) is 11.3 Å². The van der Waals surface area contributed by atoms with Crippen molar-refractivity contribution >= 4 is 57.5 Å². The van der Waals surface area contributed by atoms with E-state index in [1.54, 1.807) is 23.7 Å². The average molecular weight is 566 g/mol. The van der Waals surface area contributed by atoms with Gasteiger partial charge in [0.05, 0.1) is 33.9 Å². The number of nitrogens with zero attached hydrogens (tertiary/aromatic N) is 3. The van der Waals surface area contributed by atoms with Crippen molar-refractivity contribution in [3.8, 4) is 5.69 Å². The number of nitrogens with one attached hydrogen (secondary N) is 2. The first-order valence-corrected chi connectivity index (χ1v) is 12.5. The molecule has 0 aliphatic carbocycles. The van der Waals surface area contributed by atoms with Crippen molar-refractivity contribution in [2.75, 3.05) is 5.32 Å². The summed E-state index contributed by atoms with van der Waals surface area (Å²) < 4.78 is 40.7. The van der Waals surface area contributed by atoms with Gasteiger partial charge >= 0.3 is 6.18 Å². The molecule has 0 saturated heterocycles. The molecule has 0 spiro atoms. The highest BCUT2D eigenvalue weighted by Gasteiger charge is 2.30. The lowest BCUT2D eigenvalue weighted by Crippen LogP contribution is -2.20. The predicted molar refractivity (Wildman–Crippen MR) is 142 cm³/mol. The number of thiazole rings is 1. The molecule has 192 valence electrons. The number of carbonyl (C=O) groups is 1. The molecule has 4 aromatic rings. The van der Waals surface area contributed by atoms with Crippen LogP contribution in [0.2, 0.25) is 10.0 Å². The van der Waals surface area contributed by atoms with E-state index in [9.17, 15) is 18.0 Å². The minimum atomic E-state index is -4.44. The van der Waals surface area contributed by atoms with E-state index in [0.717, 1.165) is 34.8 Å². The standard InChI is InChI=1S/C25H20Cl2F3N5OS/c1-14-8-16(15(2)35(14)20-6-7-21(26)22(27)11-20)12-31-34-23(36)10-19-13-37-24(33-19)32-18-5-3-4-17(9-18)25(28,29)30/h3-9,11-13H,10H2,1-2H3,(H,32,33)(H,34,36)/b31-12-. The fourth-order valence-corrected chi connectivity index (χ4v) is 4.68. The highest BCUT2D eigenvalue weighted by atomic mass is 35.5. The Hall–Kier alpha value is -3.34. The molecule has 2 aromatic carbocycles. The van der Waals surface area contributed by atoms with Gasteiger partial charge in [-0.05, 0) is 56.3 Å². The van der Waals surface area contributed by atoms with E-state index in [0.29, 0.717) is 20.9 Å². The third-order valence-corrected chi connectivity index (χ3v) is 6.90. The van der Waals surface area contributed by atoms with E-state index < -0.39 is 11.7 Å². The largest absolute Gasteiger partial charge is 0.416 e.